The van der Waals surface area contributed by atoms with Gasteiger partial charge in [0.05, 0.1) is 5.60 Å². The predicted molar refractivity (Wildman–Crippen MR) is 72.3 cm³/mol. The number of likely N-dealkylation sites (tertiary alicyclic amines) is 1. The van der Waals surface area contributed by atoms with E-state index < -0.39 is 5.91 Å². The first-order valence-electron chi connectivity index (χ1n) is 7.72. The highest BCUT2D eigenvalue weighted by Gasteiger charge is 2.50. The second kappa shape index (κ2) is 4.69. The van der Waals surface area contributed by atoms with Crippen LogP contribution >= 0.6 is 0 Å². The lowest BCUT2D eigenvalue weighted by Gasteiger charge is -2.44. The molecular formula is C15H27NO3. The Balaban J connectivity index is 1.68. The van der Waals surface area contributed by atoms with Gasteiger partial charge in [0.25, 0.3) is 0 Å². The van der Waals surface area contributed by atoms with Crippen molar-refractivity contribution in [2.45, 2.75) is 57.5 Å². The average Bonchev–Trinajstić information content (AvgIpc) is 2.87. The second-order valence-electron chi connectivity index (χ2n) is 7.34. The Morgan fingerprint density at radius 2 is 1.74 bits per heavy atom. The van der Waals surface area contributed by atoms with Crippen LogP contribution in [0.1, 0.15) is 46.0 Å². The van der Waals surface area contributed by atoms with Crippen molar-refractivity contribution in [1.82, 2.24) is 4.90 Å². The number of rotatable bonds is 2. The molecule has 2 heterocycles. The van der Waals surface area contributed by atoms with Gasteiger partial charge in [-0.3, -0.25) is 4.90 Å². The van der Waals surface area contributed by atoms with Crippen LogP contribution in [0.4, 0.5) is 0 Å². The molecule has 2 N–H and O–H groups in total. The van der Waals surface area contributed by atoms with Crippen molar-refractivity contribution in [2.75, 3.05) is 19.7 Å². The van der Waals surface area contributed by atoms with Gasteiger partial charge in [0.2, 0.25) is 5.91 Å². The minimum absolute atomic E-state index is 0.102. The summed E-state index contributed by atoms with van der Waals surface area (Å²) >= 11 is 0. The van der Waals surface area contributed by atoms with Crippen LogP contribution in [-0.2, 0) is 4.74 Å². The van der Waals surface area contributed by atoms with Crippen molar-refractivity contribution in [2.24, 2.45) is 17.8 Å². The summed E-state index contributed by atoms with van der Waals surface area (Å²) in [5, 5.41) is 21.3. The van der Waals surface area contributed by atoms with E-state index in [1.807, 2.05) is 18.7 Å². The standard InChI is InChI=1S/C15H27NO3/c1-14(2)8-13(6-7-19-14)15(17,18)16-9-11-4-3-5-12(11)10-16/h11-13,17-18H,3-10H2,1-2H3. The average molecular weight is 269 g/mol. The fraction of sp³-hybridized carbons (Fsp3) is 1.00. The molecule has 2 saturated heterocycles. The zero-order valence-electron chi connectivity index (χ0n) is 12.1. The van der Waals surface area contributed by atoms with Crippen LogP contribution in [0.2, 0.25) is 0 Å². The zero-order valence-corrected chi connectivity index (χ0v) is 12.1. The molecule has 3 aliphatic rings. The van der Waals surface area contributed by atoms with Crippen LogP contribution in [0.5, 0.6) is 0 Å². The third-order valence-corrected chi connectivity index (χ3v) is 5.44. The number of nitrogens with zero attached hydrogens (tertiary/aromatic N) is 1. The zero-order chi connectivity index (χ0) is 13.7. The number of aliphatic hydroxyl groups is 2. The predicted octanol–water partition coefficient (Wildman–Crippen LogP) is 1.56. The highest BCUT2D eigenvalue weighted by Crippen LogP contribution is 2.43. The largest absolute Gasteiger partial charge is 0.376 e. The Kier molecular flexibility index (Phi) is 3.41. The van der Waals surface area contributed by atoms with Gasteiger partial charge in [0, 0.05) is 25.6 Å². The second-order valence-corrected chi connectivity index (χ2v) is 7.34. The monoisotopic (exact) mass is 269 g/mol. The molecule has 3 unspecified atom stereocenters. The van der Waals surface area contributed by atoms with E-state index in [2.05, 4.69) is 0 Å². The van der Waals surface area contributed by atoms with E-state index in [1.165, 1.54) is 19.3 Å². The Hall–Kier alpha value is -0.160. The number of fused-ring (bicyclic) bond motifs is 1. The van der Waals surface area contributed by atoms with Crippen LogP contribution in [0, 0.1) is 17.8 Å². The lowest BCUT2D eigenvalue weighted by molar-refractivity contribution is -0.309. The van der Waals surface area contributed by atoms with Gasteiger partial charge in [0.15, 0.2) is 0 Å². The molecule has 0 aromatic heterocycles. The highest BCUT2D eigenvalue weighted by atomic mass is 16.5. The van der Waals surface area contributed by atoms with Crippen molar-refractivity contribution in [1.29, 1.82) is 0 Å². The molecule has 4 nitrogen and oxygen atoms in total. The van der Waals surface area contributed by atoms with E-state index in [0.29, 0.717) is 24.9 Å². The first kappa shape index (κ1) is 13.8. The Bertz CT molecular complexity index is 330. The lowest BCUT2D eigenvalue weighted by atomic mass is 9.85. The molecule has 2 aliphatic heterocycles. The lowest BCUT2D eigenvalue weighted by Crippen LogP contribution is -2.56. The first-order chi connectivity index (χ1) is 8.88. The van der Waals surface area contributed by atoms with Crippen LogP contribution in [-0.4, -0.2) is 46.3 Å². The third kappa shape index (κ3) is 2.56. The summed E-state index contributed by atoms with van der Waals surface area (Å²) in [4.78, 5) is 1.92. The summed E-state index contributed by atoms with van der Waals surface area (Å²) in [5.41, 5.74) is -0.241. The SMILES string of the molecule is CC1(C)CC(C(O)(O)N2CC3CCCC3C2)CCO1. The van der Waals surface area contributed by atoms with Gasteiger partial charge in [-0.1, -0.05) is 6.42 Å². The summed E-state index contributed by atoms with van der Waals surface area (Å²) in [6.45, 7) is 6.41. The highest BCUT2D eigenvalue weighted by molar-refractivity contribution is 4.94. The van der Waals surface area contributed by atoms with Crippen molar-refractivity contribution >= 4 is 0 Å². The molecule has 4 heteroatoms. The van der Waals surface area contributed by atoms with Gasteiger partial charge >= 0.3 is 0 Å². The molecule has 0 bridgehead atoms. The van der Waals surface area contributed by atoms with Crippen molar-refractivity contribution in [3.05, 3.63) is 0 Å². The Morgan fingerprint density at radius 1 is 1.11 bits per heavy atom. The van der Waals surface area contributed by atoms with Crippen molar-refractivity contribution in [3.63, 3.8) is 0 Å². The third-order valence-electron chi connectivity index (χ3n) is 5.44. The van der Waals surface area contributed by atoms with Gasteiger partial charge in [-0.05, 0) is 51.4 Å². The molecule has 3 rings (SSSR count). The van der Waals surface area contributed by atoms with Gasteiger partial charge in [-0.15, -0.1) is 0 Å². The first-order valence-corrected chi connectivity index (χ1v) is 7.72. The summed E-state index contributed by atoms with van der Waals surface area (Å²) < 4.78 is 5.69. The van der Waals surface area contributed by atoms with E-state index in [-0.39, 0.29) is 11.5 Å². The van der Waals surface area contributed by atoms with Gasteiger partial charge in [-0.25, -0.2) is 0 Å². The van der Waals surface area contributed by atoms with Crippen LogP contribution < -0.4 is 0 Å². The summed E-state index contributed by atoms with van der Waals surface area (Å²) in [6.07, 6.45) is 5.29. The summed E-state index contributed by atoms with van der Waals surface area (Å²) in [5.74, 6) is -0.376. The molecule has 3 fully saturated rings. The normalized spacial score (nSPS) is 39.5. The maximum atomic E-state index is 10.7. The minimum atomic E-state index is -1.65. The topological polar surface area (TPSA) is 52.9 Å². The molecule has 3 atom stereocenters. The molecular weight excluding hydrogens is 242 g/mol. The van der Waals surface area contributed by atoms with E-state index in [0.717, 1.165) is 19.5 Å². The smallest absolute Gasteiger partial charge is 0.228 e. The van der Waals surface area contributed by atoms with E-state index >= 15 is 0 Å². The van der Waals surface area contributed by atoms with Crippen LogP contribution in [0.15, 0.2) is 0 Å². The molecule has 110 valence electrons. The number of hydrogen-bond acceptors (Lipinski definition) is 4. The molecule has 0 spiro atoms. The maximum Gasteiger partial charge on any atom is 0.228 e. The molecule has 0 amide bonds. The summed E-state index contributed by atoms with van der Waals surface area (Å²) in [6, 6.07) is 0. The van der Waals surface area contributed by atoms with Crippen molar-refractivity contribution < 1.29 is 14.9 Å². The fourth-order valence-corrected chi connectivity index (χ4v) is 4.32. The Morgan fingerprint density at radius 3 is 2.32 bits per heavy atom. The molecule has 0 aromatic carbocycles. The quantitative estimate of drug-likeness (QED) is 0.747. The van der Waals surface area contributed by atoms with E-state index in [9.17, 15) is 10.2 Å². The van der Waals surface area contributed by atoms with Gasteiger partial charge in [-0.2, -0.15) is 0 Å². The molecule has 19 heavy (non-hydrogen) atoms. The molecule has 1 aliphatic carbocycles. The van der Waals surface area contributed by atoms with Gasteiger partial charge in [0.1, 0.15) is 0 Å². The number of ether oxygens (including phenoxy) is 1. The van der Waals surface area contributed by atoms with Crippen molar-refractivity contribution in [3.8, 4) is 0 Å². The minimum Gasteiger partial charge on any atom is -0.376 e. The summed E-state index contributed by atoms with van der Waals surface area (Å²) in [7, 11) is 0. The molecule has 0 aromatic rings. The number of hydrogen-bond donors (Lipinski definition) is 2. The molecule has 1 saturated carbocycles. The van der Waals surface area contributed by atoms with Crippen LogP contribution in [0.25, 0.3) is 0 Å². The van der Waals surface area contributed by atoms with E-state index in [1.54, 1.807) is 0 Å². The fourth-order valence-electron chi connectivity index (χ4n) is 4.32. The van der Waals surface area contributed by atoms with Crippen LogP contribution in [0.3, 0.4) is 0 Å². The van der Waals surface area contributed by atoms with Gasteiger partial charge < -0.3 is 14.9 Å². The van der Waals surface area contributed by atoms with E-state index in [4.69, 9.17) is 4.74 Å². The molecule has 0 radical (unpaired) electrons. The maximum absolute atomic E-state index is 10.7. The Labute approximate surface area is 115 Å².